The van der Waals surface area contributed by atoms with E-state index in [4.69, 9.17) is 23.7 Å². The number of hydrogen-bond donors (Lipinski definition) is 1. The van der Waals surface area contributed by atoms with Crippen LogP contribution in [-0.4, -0.2) is 64.2 Å². The zero-order chi connectivity index (χ0) is 22.0. The lowest BCUT2D eigenvalue weighted by molar-refractivity contribution is -0.138. The SMILES string of the molecule is C=CC(=O)OCCNC(=O)OCCOCCOc1ccc(CCOC(=O)C=C)cc1. The largest absolute Gasteiger partial charge is 0.491 e. The molecule has 0 aliphatic rings. The van der Waals surface area contributed by atoms with Gasteiger partial charge in [0.25, 0.3) is 0 Å². The van der Waals surface area contributed by atoms with Crippen molar-refractivity contribution >= 4 is 18.0 Å². The molecular formula is C21H27NO8. The van der Waals surface area contributed by atoms with E-state index in [9.17, 15) is 14.4 Å². The van der Waals surface area contributed by atoms with Gasteiger partial charge in [0.2, 0.25) is 0 Å². The number of alkyl carbamates (subject to hydrolysis) is 1. The summed E-state index contributed by atoms with van der Waals surface area (Å²) in [6, 6.07) is 7.43. The molecule has 30 heavy (non-hydrogen) atoms. The first-order chi connectivity index (χ1) is 14.5. The number of nitrogens with one attached hydrogen (secondary N) is 1. The predicted molar refractivity (Wildman–Crippen MR) is 108 cm³/mol. The van der Waals surface area contributed by atoms with Crippen LogP contribution in [0.3, 0.4) is 0 Å². The summed E-state index contributed by atoms with van der Waals surface area (Å²) in [7, 11) is 0. The zero-order valence-electron chi connectivity index (χ0n) is 16.8. The van der Waals surface area contributed by atoms with Gasteiger partial charge in [-0.3, -0.25) is 0 Å². The van der Waals surface area contributed by atoms with E-state index < -0.39 is 18.0 Å². The first kappa shape index (κ1) is 24.7. The van der Waals surface area contributed by atoms with Crippen molar-refractivity contribution in [1.29, 1.82) is 0 Å². The summed E-state index contributed by atoms with van der Waals surface area (Å²) in [5, 5.41) is 2.43. The summed E-state index contributed by atoms with van der Waals surface area (Å²) in [5.74, 6) is -0.297. The molecule has 164 valence electrons. The van der Waals surface area contributed by atoms with E-state index >= 15 is 0 Å². The van der Waals surface area contributed by atoms with E-state index in [0.29, 0.717) is 32.0 Å². The second kappa shape index (κ2) is 15.6. The van der Waals surface area contributed by atoms with Crippen molar-refractivity contribution in [3.05, 3.63) is 55.1 Å². The van der Waals surface area contributed by atoms with Crippen molar-refractivity contribution < 1.29 is 38.1 Å². The number of benzene rings is 1. The Bertz CT molecular complexity index is 687. The Labute approximate surface area is 175 Å². The Morgan fingerprint density at radius 2 is 1.43 bits per heavy atom. The van der Waals surface area contributed by atoms with Crippen molar-refractivity contribution in [2.75, 3.05) is 46.2 Å². The number of rotatable bonds is 15. The lowest BCUT2D eigenvalue weighted by Crippen LogP contribution is -2.29. The first-order valence-corrected chi connectivity index (χ1v) is 9.33. The lowest BCUT2D eigenvalue weighted by Gasteiger charge is -2.09. The van der Waals surface area contributed by atoms with Gasteiger partial charge in [0.15, 0.2) is 0 Å². The molecule has 0 aliphatic carbocycles. The monoisotopic (exact) mass is 421 g/mol. The minimum atomic E-state index is -0.621. The maximum atomic E-state index is 11.4. The smallest absolute Gasteiger partial charge is 0.407 e. The minimum absolute atomic E-state index is 0.0392. The third kappa shape index (κ3) is 12.2. The van der Waals surface area contributed by atoms with E-state index in [1.54, 1.807) is 0 Å². The molecular weight excluding hydrogens is 394 g/mol. The van der Waals surface area contributed by atoms with Gasteiger partial charge in [-0.2, -0.15) is 0 Å². The average molecular weight is 421 g/mol. The molecule has 1 aromatic carbocycles. The van der Waals surface area contributed by atoms with Crippen LogP contribution in [0, 0.1) is 0 Å². The number of carbonyl (C=O) groups excluding carboxylic acids is 3. The van der Waals surface area contributed by atoms with Gasteiger partial charge in [-0.1, -0.05) is 25.3 Å². The zero-order valence-corrected chi connectivity index (χ0v) is 16.8. The molecule has 0 fully saturated rings. The molecule has 9 nitrogen and oxygen atoms in total. The maximum absolute atomic E-state index is 11.4. The van der Waals surface area contributed by atoms with E-state index in [-0.39, 0.29) is 26.4 Å². The summed E-state index contributed by atoms with van der Waals surface area (Å²) in [4.78, 5) is 33.1. The molecule has 1 rings (SSSR count). The van der Waals surface area contributed by atoms with Crippen molar-refractivity contribution in [3.8, 4) is 5.75 Å². The fourth-order valence-electron chi connectivity index (χ4n) is 2.01. The molecule has 1 N–H and O–H groups in total. The van der Waals surface area contributed by atoms with E-state index in [1.165, 1.54) is 0 Å². The molecule has 0 saturated heterocycles. The quantitative estimate of drug-likeness (QED) is 0.198. The molecule has 0 heterocycles. The van der Waals surface area contributed by atoms with Crippen molar-refractivity contribution in [2.24, 2.45) is 0 Å². The first-order valence-electron chi connectivity index (χ1n) is 9.33. The molecule has 0 atom stereocenters. The summed E-state index contributed by atoms with van der Waals surface area (Å²) in [6.07, 6.45) is 2.16. The van der Waals surface area contributed by atoms with Crippen LogP contribution in [0.15, 0.2) is 49.6 Å². The van der Waals surface area contributed by atoms with Crippen LogP contribution < -0.4 is 10.1 Å². The van der Waals surface area contributed by atoms with Gasteiger partial charge in [-0.25, -0.2) is 14.4 Å². The van der Waals surface area contributed by atoms with Gasteiger partial charge in [0.05, 0.1) is 26.4 Å². The third-order valence-electron chi connectivity index (χ3n) is 3.46. The Balaban J connectivity index is 2.01. The van der Waals surface area contributed by atoms with Gasteiger partial charge >= 0.3 is 18.0 Å². The summed E-state index contributed by atoms with van der Waals surface area (Å²) in [6.45, 7) is 8.06. The van der Waals surface area contributed by atoms with Crippen LogP contribution in [-0.2, 0) is 35.0 Å². The highest BCUT2D eigenvalue weighted by Crippen LogP contribution is 2.12. The third-order valence-corrected chi connectivity index (χ3v) is 3.46. The van der Waals surface area contributed by atoms with E-state index in [0.717, 1.165) is 17.7 Å². The van der Waals surface area contributed by atoms with Crippen LogP contribution in [0.5, 0.6) is 5.75 Å². The Kier molecular flexibility index (Phi) is 12.8. The molecule has 0 spiro atoms. The topological polar surface area (TPSA) is 109 Å². The van der Waals surface area contributed by atoms with Crippen LogP contribution >= 0.6 is 0 Å². The number of esters is 2. The predicted octanol–water partition coefficient (Wildman–Crippen LogP) is 1.81. The number of amides is 1. The Morgan fingerprint density at radius 1 is 0.800 bits per heavy atom. The maximum Gasteiger partial charge on any atom is 0.407 e. The van der Waals surface area contributed by atoms with Gasteiger partial charge in [-0.15, -0.1) is 0 Å². The Morgan fingerprint density at radius 3 is 2.10 bits per heavy atom. The fourth-order valence-corrected chi connectivity index (χ4v) is 2.01. The minimum Gasteiger partial charge on any atom is -0.491 e. The van der Waals surface area contributed by atoms with Gasteiger partial charge < -0.3 is 29.0 Å². The van der Waals surface area contributed by atoms with Crippen molar-refractivity contribution in [2.45, 2.75) is 6.42 Å². The van der Waals surface area contributed by atoms with Gasteiger partial charge in [-0.05, 0) is 17.7 Å². The standard InChI is InChI=1S/C21H27NO8/c1-3-19(23)28-11-9-17-5-7-18(8-6-17)27-15-13-26-14-16-30-21(25)22-10-12-29-20(24)4-2/h3-8H,1-2,9-16H2,(H,22,25). The van der Waals surface area contributed by atoms with E-state index in [2.05, 4.69) is 18.5 Å². The highest BCUT2D eigenvalue weighted by molar-refractivity contribution is 5.81. The molecule has 0 aromatic heterocycles. The van der Waals surface area contributed by atoms with Crippen molar-refractivity contribution in [3.63, 3.8) is 0 Å². The van der Waals surface area contributed by atoms with E-state index in [1.807, 2.05) is 24.3 Å². The second-order valence-electron chi connectivity index (χ2n) is 5.66. The molecule has 9 heteroatoms. The summed E-state index contributed by atoms with van der Waals surface area (Å²) in [5.41, 5.74) is 1.02. The van der Waals surface area contributed by atoms with Gasteiger partial charge in [0.1, 0.15) is 25.6 Å². The fraction of sp³-hybridized carbons (Fsp3) is 0.381. The average Bonchev–Trinajstić information content (AvgIpc) is 2.76. The molecule has 0 unspecified atom stereocenters. The Hall–Kier alpha value is -3.33. The molecule has 1 aromatic rings. The second-order valence-corrected chi connectivity index (χ2v) is 5.66. The van der Waals surface area contributed by atoms with Crippen LogP contribution in [0.1, 0.15) is 5.56 Å². The number of ether oxygens (including phenoxy) is 5. The molecule has 1 amide bonds. The molecule has 0 aliphatic heterocycles. The van der Waals surface area contributed by atoms with Gasteiger partial charge in [0, 0.05) is 18.6 Å². The van der Waals surface area contributed by atoms with Crippen LogP contribution in [0.2, 0.25) is 0 Å². The van der Waals surface area contributed by atoms with Crippen LogP contribution in [0.25, 0.3) is 0 Å². The highest BCUT2D eigenvalue weighted by atomic mass is 16.6. The van der Waals surface area contributed by atoms with Crippen molar-refractivity contribution in [1.82, 2.24) is 5.32 Å². The lowest BCUT2D eigenvalue weighted by atomic mass is 10.1. The summed E-state index contributed by atoms with van der Waals surface area (Å²) < 4.78 is 25.4. The number of hydrogen-bond acceptors (Lipinski definition) is 8. The molecule has 0 bridgehead atoms. The highest BCUT2D eigenvalue weighted by Gasteiger charge is 2.02. The summed E-state index contributed by atoms with van der Waals surface area (Å²) >= 11 is 0. The normalized spacial score (nSPS) is 9.87. The van der Waals surface area contributed by atoms with Crippen LogP contribution in [0.4, 0.5) is 4.79 Å². The number of carbonyl (C=O) groups is 3. The molecule has 0 radical (unpaired) electrons. The molecule has 0 saturated carbocycles.